The van der Waals surface area contributed by atoms with Gasteiger partial charge in [-0.05, 0) is 52.0 Å². The number of hydrogen-bond donors (Lipinski definition) is 1. The fourth-order valence-corrected chi connectivity index (χ4v) is 4.29. The lowest BCUT2D eigenvalue weighted by molar-refractivity contribution is -0.122. The van der Waals surface area contributed by atoms with Crippen LogP contribution in [0.5, 0.6) is 0 Å². The molecule has 1 aliphatic carbocycles. The summed E-state index contributed by atoms with van der Waals surface area (Å²) < 4.78 is 2.04. The molecule has 1 amide bonds. The van der Waals surface area contributed by atoms with Crippen molar-refractivity contribution in [3.8, 4) is 0 Å². The minimum Gasteiger partial charge on any atom is -0.353 e. The summed E-state index contributed by atoms with van der Waals surface area (Å²) in [5.41, 5.74) is 0. The van der Waals surface area contributed by atoms with Crippen molar-refractivity contribution in [1.29, 1.82) is 0 Å². The highest BCUT2D eigenvalue weighted by Crippen LogP contribution is 2.20. The van der Waals surface area contributed by atoms with Crippen LogP contribution in [0.15, 0.2) is 0 Å². The first kappa shape index (κ1) is 18.4. The van der Waals surface area contributed by atoms with E-state index in [0.717, 1.165) is 50.7 Å². The van der Waals surface area contributed by atoms with Crippen LogP contribution in [-0.4, -0.2) is 51.2 Å². The van der Waals surface area contributed by atoms with Gasteiger partial charge in [0.25, 0.3) is 0 Å². The second kappa shape index (κ2) is 8.79. The molecule has 6 heteroatoms. The number of amides is 1. The van der Waals surface area contributed by atoms with E-state index in [4.69, 9.17) is 0 Å². The highest BCUT2D eigenvalue weighted by atomic mass is 16.1. The minimum atomic E-state index is 0.233. The molecule has 1 saturated carbocycles. The lowest BCUT2D eigenvalue weighted by Gasteiger charge is -2.32. The summed E-state index contributed by atoms with van der Waals surface area (Å²) in [7, 11) is 0. The van der Waals surface area contributed by atoms with Crippen LogP contribution in [0.1, 0.15) is 63.0 Å². The Morgan fingerprint density at radius 2 is 1.96 bits per heavy atom. The van der Waals surface area contributed by atoms with Gasteiger partial charge in [0.2, 0.25) is 5.91 Å². The fourth-order valence-electron chi connectivity index (χ4n) is 4.29. The van der Waals surface area contributed by atoms with E-state index >= 15 is 0 Å². The molecule has 140 valence electrons. The maximum Gasteiger partial charge on any atom is 0.221 e. The molecule has 1 saturated heterocycles. The van der Waals surface area contributed by atoms with Crippen LogP contribution in [-0.2, 0) is 11.3 Å². The molecule has 0 unspecified atom stereocenters. The van der Waals surface area contributed by atoms with Crippen LogP contribution in [0.25, 0.3) is 0 Å². The molecule has 25 heavy (non-hydrogen) atoms. The van der Waals surface area contributed by atoms with E-state index in [0.29, 0.717) is 18.4 Å². The number of carbonyl (C=O) groups excluding carboxylic acids is 1. The molecule has 0 bridgehead atoms. The Morgan fingerprint density at radius 1 is 1.16 bits per heavy atom. The predicted molar refractivity (Wildman–Crippen MR) is 98.3 cm³/mol. The van der Waals surface area contributed by atoms with E-state index in [1.807, 2.05) is 18.5 Å². The summed E-state index contributed by atoms with van der Waals surface area (Å²) >= 11 is 0. The van der Waals surface area contributed by atoms with Crippen molar-refractivity contribution in [1.82, 2.24) is 25.0 Å². The molecule has 1 aromatic heterocycles. The first-order valence-corrected chi connectivity index (χ1v) is 10.00. The predicted octanol–water partition coefficient (Wildman–Crippen LogP) is 2.45. The average molecular weight is 348 g/mol. The average Bonchev–Trinajstić information content (AvgIpc) is 2.91. The first-order valence-electron chi connectivity index (χ1n) is 10.00. The molecule has 0 aromatic carbocycles. The third kappa shape index (κ3) is 5.53. The number of nitrogens with zero attached hydrogens (tertiary/aromatic N) is 4. The summed E-state index contributed by atoms with van der Waals surface area (Å²) in [6.45, 7) is 7.97. The Kier molecular flexibility index (Phi) is 6.45. The topological polar surface area (TPSA) is 63.1 Å². The van der Waals surface area contributed by atoms with Crippen molar-refractivity contribution < 1.29 is 4.79 Å². The van der Waals surface area contributed by atoms with Gasteiger partial charge in [0.1, 0.15) is 11.6 Å². The number of piperidine rings is 1. The van der Waals surface area contributed by atoms with Crippen LogP contribution < -0.4 is 5.32 Å². The Balaban J connectivity index is 1.40. The number of likely N-dealkylation sites (tertiary alicyclic amines) is 1. The van der Waals surface area contributed by atoms with Crippen molar-refractivity contribution in [2.75, 3.05) is 19.6 Å². The molecule has 2 fully saturated rings. The van der Waals surface area contributed by atoms with Crippen LogP contribution >= 0.6 is 0 Å². The number of hydrogen-bond acceptors (Lipinski definition) is 4. The Hall–Kier alpha value is -1.43. The largest absolute Gasteiger partial charge is 0.353 e. The van der Waals surface area contributed by atoms with E-state index in [1.165, 1.54) is 32.1 Å². The zero-order valence-corrected chi connectivity index (χ0v) is 15.8. The molecule has 2 aliphatic rings. The highest BCUT2D eigenvalue weighted by Gasteiger charge is 2.22. The van der Waals surface area contributed by atoms with E-state index in [-0.39, 0.29) is 5.91 Å². The summed E-state index contributed by atoms with van der Waals surface area (Å²) in [5.74, 6) is 2.69. The quantitative estimate of drug-likeness (QED) is 0.858. The number of rotatable bonds is 6. The summed E-state index contributed by atoms with van der Waals surface area (Å²) in [4.78, 5) is 19.1. The second-order valence-electron chi connectivity index (χ2n) is 7.85. The summed E-state index contributed by atoms with van der Waals surface area (Å²) in [6, 6.07) is 0.425. The van der Waals surface area contributed by atoms with Gasteiger partial charge in [-0.15, -0.1) is 0 Å². The van der Waals surface area contributed by atoms with Crippen LogP contribution in [0, 0.1) is 19.8 Å². The number of nitrogens with one attached hydrogen (secondary N) is 1. The van der Waals surface area contributed by atoms with Gasteiger partial charge in [0.05, 0.1) is 0 Å². The Bertz CT molecular complexity index is 564. The van der Waals surface area contributed by atoms with Gasteiger partial charge in [0.15, 0.2) is 0 Å². The number of aromatic nitrogens is 3. The van der Waals surface area contributed by atoms with Gasteiger partial charge >= 0.3 is 0 Å². The van der Waals surface area contributed by atoms with Gasteiger partial charge in [-0.2, -0.15) is 5.10 Å². The van der Waals surface area contributed by atoms with E-state index < -0.39 is 0 Å². The monoisotopic (exact) mass is 347 g/mol. The number of aryl methyl sites for hydroxylation is 2. The molecule has 0 radical (unpaired) electrons. The molecule has 3 rings (SSSR count). The molecule has 1 aliphatic heterocycles. The van der Waals surface area contributed by atoms with Crippen molar-refractivity contribution in [2.45, 2.75) is 77.8 Å². The normalized spacial score (nSPS) is 22.9. The maximum atomic E-state index is 12.2. The molecule has 6 nitrogen and oxygen atoms in total. The van der Waals surface area contributed by atoms with Crippen molar-refractivity contribution in [3.05, 3.63) is 11.6 Å². The zero-order valence-electron chi connectivity index (χ0n) is 15.8. The molecule has 1 atom stereocenters. The van der Waals surface area contributed by atoms with Crippen molar-refractivity contribution in [3.63, 3.8) is 0 Å². The molecule has 1 aromatic rings. The fraction of sp³-hybridized carbons (Fsp3) is 0.842. The Labute approximate surface area is 151 Å². The Morgan fingerprint density at radius 3 is 2.68 bits per heavy atom. The lowest BCUT2D eigenvalue weighted by atomic mass is 9.95. The van der Waals surface area contributed by atoms with E-state index in [2.05, 4.69) is 20.3 Å². The maximum absolute atomic E-state index is 12.2. The molecule has 0 spiro atoms. The molecular formula is C19H33N5O. The lowest BCUT2D eigenvalue weighted by Crippen LogP contribution is -2.41. The third-order valence-corrected chi connectivity index (χ3v) is 5.62. The second-order valence-corrected chi connectivity index (χ2v) is 7.85. The summed E-state index contributed by atoms with van der Waals surface area (Å²) in [5, 5.41) is 7.72. The smallest absolute Gasteiger partial charge is 0.221 e. The van der Waals surface area contributed by atoms with E-state index in [1.54, 1.807) is 0 Å². The van der Waals surface area contributed by atoms with Gasteiger partial charge < -0.3 is 10.2 Å². The van der Waals surface area contributed by atoms with Gasteiger partial charge in [-0.25, -0.2) is 9.67 Å². The molecule has 2 heterocycles. The highest BCUT2D eigenvalue weighted by molar-refractivity contribution is 5.76. The van der Waals surface area contributed by atoms with Gasteiger partial charge in [0, 0.05) is 32.1 Å². The molecular weight excluding hydrogens is 314 g/mol. The summed E-state index contributed by atoms with van der Waals surface area (Å²) in [6.07, 6.45) is 9.25. The number of carbonyl (C=O) groups is 1. The minimum absolute atomic E-state index is 0.233. The van der Waals surface area contributed by atoms with Crippen molar-refractivity contribution in [2.24, 2.45) is 5.92 Å². The first-order chi connectivity index (χ1) is 12.1. The van der Waals surface area contributed by atoms with Gasteiger partial charge in [-0.1, -0.05) is 19.3 Å². The van der Waals surface area contributed by atoms with Crippen LogP contribution in [0.2, 0.25) is 0 Å². The SMILES string of the molecule is Cc1nc(C)n(C[C@H]2CCCN(CCC(=O)NC3CCCCC3)C2)n1. The van der Waals surface area contributed by atoms with E-state index in [9.17, 15) is 4.79 Å². The third-order valence-electron chi connectivity index (χ3n) is 5.62. The van der Waals surface area contributed by atoms with Crippen LogP contribution in [0.3, 0.4) is 0 Å². The molecule has 1 N–H and O–H groups in total. The zero-order chi connectivity index (χ0) is 17.6. The van der Waals surface area contributed by atoms with Gasteiger partial charge in [-0.3, -0.25) is 4.79 Å². The van der Waals surface area contributed by atoms with Crippen LogP contribution in [0.4, 0.5) is 0 Å². The standard InChI is InChI=1S/C19H33N5O/c1-15-20-16(2)24(22-15)14-17-7-6-11-23(13-17)12-10-19(25)21-18-8-4-3-5-9-18/h17-18H,3-14H2,1-2H3,(H,21,25)/t17-/m0/s1. The van der Waals surface area contributed by atoms with Crippen molar-refractivity contribution >= 4 is 5.91 Å².